The van der Waals surface area contributed by atoms with Crippen LogP contribution < -0.4 is 35.7 Å². The second-order valence-electron chi connectivity index (χ2n) is 16.9. The smallest absolute Gasteiger partial charge is 0.339 e. The van der Waals surface area contributed by atoms with E-state index in [1.807, 2.05) is 20.2 Å². The van der Waals surface area contributed by atoms with E-state index in [4.69, 9.17) is 68.7 Å². The highest BCUT2D eigenvalue weighted by Gasteiger charge is 2.29. The molecule has 0 radical (unpaired) electrons. The fourth-order valence-corrected chi connectivity index (χ4v) is 8.53. The number of aromatic nitrogens is 2. The molecule has 2 aliphatic rings. The highest BCUT2D eigenvalue weighted by molar-refractivity contribution is 6.33. The van der Waals surface area contributed by atoms with E-state index >= 15 is 4.39 Å². The van der Waals surface area contributed by atoms with Gasteiger partial charge in [0.1, 0.15) is 45.8 Å². The summed E-state index contributed by atoms with van der Waals surface area (Å²) in [6.07, 6.45) is 3.38. The average Bonchev–Trinajstić information content (AvgIpc) is 3.92. The normalized spacial score (nSPS) is 12.2. The number of benzene rings is 6. The molecule has 1 aromatic heterocycles. The summed E-state index contributed by atoms with van der Waals surface area (Å²) in [4.78, 5) is 59.1. The third-order valence-electron chi connectivity index (χ3n) is 11.6. The number of carbonyl (C=O) groups excluding carboxylic acids is 1. The molecule has 0 fully saturated rings. The van der Waals surface area contributed by atoms with Crippen molar-refractivity contribution >= 4 is 75.6 Å². The van der Waals surface area contributed by atoms with Gasteiger partial charge in [0.05, 0.1) is 75.5 Å². The molecule has 424 valence electrons. The minimum atomic E-state index is -1.10. The Morgan fingerprint density at radius 1 is 0.667 bits per heavy atom. The fraction of sp³-hybridized carbons (Fsp3) is 0.186. The van der Waals surface area contributed by atoms with Crippen molar-refractivity contribution in [2.75, 3.05) is 54.4 Å². The first-order chi connectivity index (χ1) is 37.3. The number of methoxy groups -OCH3 is 4. The maximum atomic E-state index is 15.0. The molecular weight excluding hydrogens is 1090 g/mol. The summed E-state index contributed by atoms with van der Waals surface area (Å²) in [5, 5.41) is 22.1. The van der Waals surface area contributed by atoms with Crippen LogP contribution in [0.25, 0.3) is 11.3 Å². The van der Waals surface area contributed by atoms with E-state index in [-0.39, 0.29) is 86.8 Å². The van der Waals surface area contributed by atoms with Crippen LogP contribution in [0.4, 0.5) is 26.1 Å². The number of hydrogen-bond donors (Lipinski definition) is 5. The number of hydrogen-bond acceptors (Lipinski definition) is 14. The molecule has 0 saturated heterocycles. The van der Waals surface area contributed by atoms with E-state index in [1.54, 1.807) is 84.0 Å². The topological polar surface area (TPSA) is 259 Å². The van der Waals surface area contributed by atoms with Gasteiger partial charge in [-0.05, 0) is 78.9 Å². The Balaban J connectivity index is 0.000000280. The maximum absolute atomic E-state index is 15.0. The lowest BCUT2D eigenvalue weighted by molar-refractivity contribution is 0.0682. The average molecular weight is 1150 g/mol. The standard InChI is InChI=1S/C27H20ClFN4O4.C20H18ClFN2O2.C9H11N3O3.3CH4/c1-36-21-5-3-4-20(29)23(21)25-19-10-15(28)6-8-17(19)24-14(12-30-25)13-31-27(33-24)32-16-7-9-18(26(34)35)22(11-16)37-2;1-24(2)11-12-10-23-19(18-16(22)5-4-6-17(18)26-3)15-9-13(21)7-8-14(15)20(12)25;1-15-7-4-5(12-9(10)11)2-3-6(7)8(13)14;;;/h3-11,13H,12H2,1-2H3,(H,34,35)(H,31,32,33);4-9,11H,10H2,1-3H3;2-4H,1H3,(H,13,14)(H4,10,11,12);3*1H4/b;12-11+;;;;. The first-order valence-electron chi connectivity index (χ1n) is 23.2. The number of fused-ring (bicyclic) bond motifs is 4. The summed E-state index contributed by atoms with van der Waals surface area (Å²) in [7, 11) is 9.38. The zero-order valence-electron chi connectivity index (χ0n) is 42.6. The lowest BCUT2D eigenvalue weighted by Crippen LogP contribution is -2.21. The van der Waals surface area contributed by atoms with Crippen molar-refractivity contribution in [1.82, 2.24) is 14.9 Å². The van der Waals surface area contributed by atoms with Gasteiger partial charge in [0.2, 0.25) is 5.95 Å². The molecule has 2 aliphatic heterocycles. The highest BCUT2D eigenvalue weighted by atomic mass is 35.5. The van der Waals surface area contributed by atoms with Gasteiger partial charge in [-0.1, -0.05) is 63.7 Å². The molecule has 18 nitrogen and oxygen atoms in total. The Hall–Kier alpha value is -9.40. The van der Waals surface area contributed by atoms with Gasteiger partial charge in [-0.2, -0.15) is 0 Å². The number of Topliss-reactive ketones (excluding diaryl/α,β-unsaturated/α-hetero) is 1. The van der Waals surface area contributed by atoms with Crippen LogP contribution in [0.5, 0.6) is 23.0 Å². The third kappa shape index (κ3) is 14.8. The number of carboxylic acids is 2. The number of nitrogens with two attached hydrogens (primary N) is 2. The van der Waals surface area contributed by atoms with Crippen LogP contribution in [0.3, 0.4) is 0 Å². The van der Waals surface area contributed by atoms with Crippen molar-refractivity contribution in [3.05, 3.63) is 193 Å². The summed E-state index contributed by atoms with van der Waals surface area (Å²) in [6, 6.07) is 28.3. The number of guanidine groups is 1. The molecule has 7 aromatic rings. The first-order valence-corrected chi connectivity index (χ1v) is 23.9. The molecule has 0 spiro atoms. The van der Waals surface area contributed by atoms with Gasteiger partial charge >= 0.3 is 11.9 Å². The Bertz CT molecular complexity index is 3610. The highest BCUT2D eigenvalue weighted by Crippen LogP contribution is 2.37. The van der Waals surface area contributed by atoms with Crippen LogP contribution in [0.1, 0.15) is 81.2 Å². The fourth-order valence-electron chi connectivity index (χ4n) is 8.19. The number of carbonyl (C=O) groups is 3. The Morgan fingerprint density at radius 3 is 1.69 bits per heavy atom. The molecule has 0 saturated carbocycles. The number of halogens is 4. The van der Waals surface area contributed by atoms with Gasteiger partial charge in [0.15, 0.2) is 11.7 Å². The quantitative estimate of drug-likeness (QED) is 0.0433. The molecule has 7 N–H and O–H groups in total. The van der Waals surface area contributed by atoms with Gasteiger partial charge in [0.25, 0.3) is 0 Å². The second-order valence-corrected chi connectivity index (χ2v) is 17.8. The molecular formula is C59H61Cl2F2N9O9. The zero-order chi connectivity index (χ0) is 56.4. The Kier molecular flexibility index (Phi) is 22.5. The van der Waals surface area contributed by atoms with Crippen molar-refractivity contribution in [3.8, 4) is 34.3 Å². The minimum Gasteiger partial charge on any atom is -0.496 e. The largest absolute Gasteiger partial charge is 0.496 e. The Labute approximate surface area is 478 Å². The number of ketones is 1. The number of rotatable bonds is 12. The summed E-state index contributed by atoms with van der Waals surface area (Å²) in [5.74, 6) is -1.97. The molecule has 0 bridgehead atoms. The van der Waals surface area contributed by atoms with E-state index in [0.29, 0.717) is 77.9 Å². The van der Waals surface area contributed by atoms with Crippen LogP contribution in [0, 0.1) is 11.6 Å². The van der Waals surface area contributed by atoms with Gasteiger partial charge < -0.3 is 50.8 Å². The van der Waals surface area contributed by atoms with Gasteiger partial charge in [0, 0.05) is 87.7 Å². The number of aliphatic imine (C=N–C) groups is 3. The summed E-state index contributed by atoms with van der Waals surface area (Å²) in [5.41, 5.74) is 16.7. The van der Waals surface area contributed by atoms with Crippen LogP contribution in [0.15, 0.2) is 142 Å². The number of nitrogens with one attached hydrogen (secondary N) is 1. The number of carboxylic acid groups (broad SMARTS) is 2. The first kappa shape index (κ1) is 64.1. The molecule has 9 rings (SSSR count). The maximum Gasteiger partial charge on any atom is 0.339 e. The summed E-state index contributed by atoms with van der Waals surface area (Å²) >= 11 is 12.5. The van der Waals surface area contributed by atoms with Crippen molar-refractivity contribution in [1.29, 1.82) is 0 Å². The van der Waals surface area contributed by atoms with Crippen molar-refractivity contribution in [3.63, 3.8) is 0 Å². The predicted molar refractivity (Wildman–Crippen MR) is 315 cm³/mol. The molecule has 22 heteroatoms. The van der Waals surface area contributed by atoms with Crippen LogP contribution in [-0.2, 0) is 6.54 Å². The number of anilines is 2. The zero-order valence-corrected chi connectivity index (χ0v) is 44.1. The second kappa shape index (κ2) is 28.5. The number of aromatic carboxylic acids is 2. The van der Waals surface area contributed by atoms with E-state index in [1.165, 1.54) is 64.8 Å². The lowest BCUT2D eigenvalue weighted by atomic mass is 9.93. The van der Waals surface area contributed by atoms with Crippen molar-refractivity contribution in [2.45, 2.75) is 28.8 Å². The minimum absolute atomic E-state index is 0. The predicted octanol–water partition coefficient (Wildman–Crippen LogP) is 11.9. The number of nitrogens with zero attached hydrogens (tertiary/aromatic N) is 6. The van der Waals surface area contributed by atoms with Crippen molar-refractivity contribution < 1.29 is 52.3 Å². The molecule has 0 unspecified atom stereocenters. The van der Waals surface area contributed by atoms with Gasteiger partial charge in [-0.3, -0.25) is 14.8 Å². The molecule has 0 atom stereocenters. The third-order valence-corrected chi connectivity index (χ3v) is 12.1. The van der Waals surface area contributed by atoms with Crippen LogP contribution in [-0.4, -0.2) is 109 Å². The molecule has 0 aliphatic carbocycles. The number of ether oxygens (including phenoxy) is 4. The van der Waals surface area contributed by atoms with E-state index in [2.05, 4.69) is 20.3 Å². The SMILES string of the molecule is C.C.C.COc1cc(N=C(N)N)ccc1C(=O)O.COc1cc(Nc2ncc3c(n2)-c2ccc(Cl)cc2C(c2c(F)cccc2OC)=NC3)ccc1C(=O)O.COc1cccc(F)c1C1=NC/C(=C\N(C)C)C(=O)c2ccc(Cl)cc21. The Morgan fingerprint density at radius 2 is 1.17 bits per heavy atom. The van der Waals surface area contributed by atoms with E-state index < -0.39 is 23.6 Å². The molecule has 6 aromatic carbocycles. The molecule has 0 amide bonds. The van der Waals surface area contributed by atoms with E-state index in [9.17, 15) is 23.9 Å². The van der Waals surface area contributed by atoms with Gasteiger partial charge in [-0.15, -0.1) is 0 Å². The lowest BCUT2D eigenvalue weighted by Gasteiger charge is -2.15. The van der Waals surface area contributed by atoms with Crippen LogP contribution >= 0.6 is 23.2 Å². The van der Waals surface area contributed by atoms with E-state index in [0.717, 1.165) is 5.56 Å². The summed E-state index contributed by atoms with van der Waals surface area (Å²) in [6.45, 7) is 0.339. The van der Waals surface area contributed by atoms with Gasteiger partial charge in [-0.25, -0.2) is 33.3 Å². The monoisotopic (exact) mass is 1150 g/mol. The summed E-state index contributed by atoms with van der Waals surface area (Å²) < 4.78 is 50.5. The molecule has 3 heterocycles. The van der Waals surface area contributed by atoms with Crippen molar-refractivity contribution in [2.24, 2.45) is 26.4 Å². The molecule has 81 heavy (non-hydrogen) atoms. The van der Waals surface area contributed by atoms with Crippen LogP contribution in [0.2, 0.25) is 10.0 Å².